The van der Waals surface area contributed by atoms with E-state index in [2.05, 4.69) is 0 Å². The summed E-state index contributed by atoms with van der Waals surface area (Å²) in [6, 6.07) is 0. The fraction of sp³-hybridized carbons (Fsp3) is 0.750. The molecular weight excluding hydrogens is 144 g/mol. The first-order valence-electron chi connectivity index (χ1n) is 3.74. The van der Waals surface area contributed by atoms with Gasteiger partial charge in [0.05, 0.1) is 19.6 Å². The second kappa shape index (κ2) is 3.72. The zero-order valence-corrected chi connectivity index (χ0v) is 6.92. The smallest absolute Gasteiger partial charge is 0.306 e. The maximum Gasteiger partial charge on any atom is 0.306 e. The third-order valence-electron chi connectivity index (χ3n) is 1.40. The van der Waals surface area contributed by atoms with E-state index < -0.39 is 0 Å². The van der Waals surface area contributed by atoms with Gasteiger partial charge in [-0.25, -0.2) is 0 Å². The summed E-state index contributed by atoms with van der Waals surface area (Å²) in [5, 5.41) is 0. The minimum absolute atomic E-state index is 0.0156. The molecule has 1 rings (SSSR count). The number of carbonyl (C=O) groups excluding carboxylic acids is 1. The molecule has 0 aromatic rings. The minimum atomic E-state index is -0.140. The Morgan fingerprint density at radius 3 is 2.55 bits per heavy atom. The molecule has 1 aliphatic heterocycles. The fourth-order valence-corrected chi connectivity index (χ4v) is 0.798. The van der Waals surface area contributed by atoms with Gasteiger partial charge >= 0.3 is 5.97 Å². The lowest BCUT2D eigenvalue weighted by molar-refractivity contribution is -0.171. The number of hydrogen-bond acceptors (Lipinski definition) is 3. The molecular formula is C8H13O3. The van der Waals surface area contributed by atoms with Gasteiger partial charge in [0.2, 0.25) is 0 Å². The van der Waals surface area contributed by atoms with Crippen molar-refractivity contribution >= 4 is 5.97 Å². The zero-order valence-electron chi connectivity index (χ0n) is 6.92. The lowest BCUT2D eigenvalue weighted by Crippen LogP contribution is -2.37. The lowest BCUT2D eigenvalue weighted by atomic mass is 10.1. The van der Waals surface area contributed by atoms with Crippen molar-refractivity contribution in [1.82, 2.24) is 0 Å². The minimum Gasteiger partial charge on any atom is -0.457 e. The van der Waals surface area contributed by atoms with Gasteiger partial charge in [0.25, 0.3) is 0 Å². The number of hydrogen-bond donors (Lipinski definition) is 0. The highest BCUT2D eigenvalue weighted by Gasteiger charge is 2.22. The van der Waals surface area contributed by atoms with Crippen LogP contribution in [0.2, 0.25) is 0 Å². The number of esters is 1. The Kier molecular flexibility index (Phi) is 2.88. The van der Waals surface area contributed by atoms with E-state index in [4.69, 9.17) is 9.47 Å². The Balaban J connectivity index is 2.09. The van der Waals surface area contributed by atoms with E-state index >= 15 is 0 Å². The third kappa shape index (κ3) is 2.89. The second-order valence-corrected chi connectivity index (χ2v) is 3.03. The van der Waals surface area contributed by atoms with Crippen molar-refractivity contribution in [2.24, 2.45) is 0 Å². The molecule has 1 saturated heterocycles. The quantitative estimate of drug-likeness (QED) is 0.572. The van der Waals surface area contributed by atoms with Gasteiger partial charge < -0.3 is 9.47 Å². The van der Waals surface area contributed by atoms with Crippen LogP contribution in [0.4, 0.5) is 0 Å². The van der Waals surface area contributed by atoms with E-state index in [0.29, 0.717) is 19.6 Å². The average molecular weight is 157 g/mol. The molecule has 0 saturated carbocycles. The summed E-state index contributed by atoms with van der Waals surface area (Å²) in [6.45, 7) is 4.96. The molecule has 0 atom stereocenters. The molecule has 0 N–H and O–H groups in total. The van der Waals surface area contributed by atoms with Crippen LogP contribution in [0.25, 0.3) is 0 Å². The number of rotatable bonds is 3. The summed E-state index contributed by atoms with van der Waals surface area (Å²) >= 11 is 0. The molecule has 0 bridgehead atoms. The maximum absolute atomic E-state index is 11.0. The van der Waals surface area contributed by atoms with Crippen molar-refractivity contribution in [1.29, 1.82) is 0 Å². The molecule has 1 heterocycles. The molecule has 11 heavy (non-hydrogen) atoms. The molecule has 0 aromatic carbocycles. The van der Waals surface area contributed by atoms with E-state index in [1.165, 1.54) is 0 Å². The van der Waals surface area contributed by atoms with Gasteiger partial charge in [0.1, 0.15) is 6.10 Å². The summed E-state index contributed by atoms with van der Waals surface area (Å²) in [6.07, 6.45) is 0.443. The van der Waals surface area contributed by atoms with Crippen molar-refractivity contribution in [2.75, 3.05) is 13.2 Å². The van der Waals surface area contributed by atoms with Crippen LogP contribution in [0.1, 0.15) is 20.3 Å². The Bertz CT molecular complexity index is 138. The van der Waals surface area contributed by atoms with Crippen molar-refractivity contribution in [3.05, 3.63) is 5.92 Å². The molecule has 0 aliphatic carbocycles. The van der Waals surface area contributed by atoms with E-state index in [1.54, 1.807) is 0 Å². The molecule has 0 unspecified atom stereocenters. The molecule has 0 amide bonds. The van der Waals surface area contributed by atoms with Gasteiger partial charge in [-0.1, -0.05) is 13.8 Å². The van der Waals surface area contributed by atoms with Crippen molar-refractivity contribution in [3.63, 3.8) is 0 Å². The summed E-state index contributed by atoms with van der Waals surface area (Å²) in [4.78, 5) is 11.0. The first-order chi connectivity index (χ1) is 5.18. The Morgan fingerprint density at radius 1 is 1.55 bits per heavy atom. The first kappa shape index (κ1) is 8.53. The van der Waals surface area contributed by atoms with Crippen LogP contribution in [0.15, 0.2) is 0 Å². The molecule has 0 aromatic heterocycles. The summed E-state index contributed by atoms with van der Waals surface area (Å²) in [5.41, 5.74) is 0. The van der Waals surface area contributed by atoms with Gasteiger partial charge in [-0.3, -0.25) is 4.79 Å². The fourth-order valence-electron chi connectivity index (χ4n) is 0.798. The van der Waals surface area contributed by atoms with Gasteiger partial charge in [-0.05, 0) is 5.92 Å². The molecule has 0 spiro atoms. The monoisotopic (exact) mass is 157 g/mol. The van der Waals surface area contributed by atoms with Crippen LogP contribution in [0.3, 0.4) is 0 Å². The zero-order chi connectivity index (χ0) is 8.27. The average Bonchev–Trinajstić information content (AvgIpc) is 1.77. The van der Waals surface area contributed by atoms with E-state index in [1.807, 2.05) is 13.8 Å². The normalized spacial score (nSPS) is 18.1. The second-order valence-electron chi connectivity index (χ2n) is 3.03. The highest BCUT2D eigenvalue weighted by atomic mass is 16.6. The van der Waals surface area contributed by atoms with Gasteiger partial charge in [-0.15, -0.1) is 0 Å². The summed E-state index contributed by atoms with van der Waals surface area (Å²) in [7, 11) is 0. The number of carbonyl (C=O) groups is 1. The Hall–Kier alpha value is -0.570. The molecule has 63 valence electrons. The Morgan fingerprint density at radius 2 is 2.18 bits per heavy atom. The predicted octanol–water partition coefficient (Wildman–Crippen LogP) is 0.933. The van der Waals surface area contributed by atoms with Crippen LogP contribution >= 0.6 is 0 Å². The van der Waals surface area contributed by atoms with Gasteiger partial charge in [0.15, 0.2) is 0 Å². The molecule has 1 aliphatic rings. The van der Waals surface area contributed by atoms with Gasteiger partial charge in [-0.2, -0.15) is 0 Å². The lowest BCUT2D eigenvalue weighted by Gasteiger charge is -2.25. The number of ether oxygens (including phenoxy) is 2. The standard InChI is InChI=1S/C8H13O3/c1-6(2)3-8(9)11-7-4-10-5-7/h7H,3-5H2,1-2H3. The summed E-state index contributed by atoms with van der Waals surface area (Å²) < 4.78 is 9.87. The molecule has 1 fully saturated rings. The summed E-state index contributed by atoms with van der Waals surface area (Å²) in [5.74, 6) is 0.938. The van der Waals surface area contributed by atoms with Crippen LogP contribution in [0.5, 0.6) is 0 Å². The maximum atomic E-state index is 11.0. The van der Waals surface area contributed by atoms with E-state index in [-0.39, 0.29) is 12.1 Å². The van der Waals surface area contributed by atoms with Crippen molar-refractivity contribution < 1.29 is 14.3 Å². The van der Waals surface area contributed by atoms with Gasteiger partial charge in [0, 0.05) is 0 Å². The van der Waals surface area contributed by atoms with Crippen LogP contribution in [-0.4, -0.2) is 25.3 Å². The topological polar surface area (TPSA) is 35.5 Å². The van der Waals surface area contributed by atoms with Crippen molar-refractivity contribution in [2.45, 2.75) is 26.4 Å². The SMILES string of the molecule is C[C](C)CC(=O)OC1COC1. The largest absolute Gasteiger partial charge is 0.457 e. The van der Waals surface area contributed by atoms with Crippen molar-refractivity contribution in [3.8, 4) is 0 Å². The van der Waals surface area contributed by atoms with Crippen LogP contribution in [-0.2, 0) is 14.3 Å². The third-order valence-corrected chi connectivity index (χ3v) is 1.40. The Labute approximate surface area is 66.7 Å². The molecule has 1 radical (unpaired) electrons. The van der Waals surface area contributed by atoms with Crippen LogP contribution < -0.4 is 0 Å². The highest BCUT2D eigenvalue weighted by Crippen LogP contribution is 2.09. The van der Waals surface area contributed by atoms with Crippen LogP contribution in [0, 0.1) is 5.92 Å². The molecule has 3 heteroatoms. The van der Waals surface area contributed by atoms with E-state index in [9.17, 15) is 4.79 Å². The van der Waals surface area contributed by atoms with E-state index in [0.717, 1.165) is 5.92 Å². The first-order valence-corrected chi connectivity index (χ1v) is 3.74. The highest BCUT2D eigenvalue weighted by molar-refractivity contribution is 5.71. The molecule has 3 nitrogen and oxygen atoms in total. The predicted molar refractivity (Wildman–Crippen MR) is 39.9 cm³/mol.